The molecule has 102 valence electrons. The second-order valence-electron chi connectivity index (χ2n) is 5.36. The van der Waals surface area contributed by atoms with E-state index in [1.807, 2.05) is 20.8 Å². The summed E-state index contributed by atoms with van der Waals surface area (Å²) >= 11 is 0. The average Bonchev–Trinajstić information content (AvgIpc) is 2.21. The van der Waals surface area contributed by atoms with Crippen LogP contribution in [0.3, 0.4) is 0 Å². The van der Waals surface area contributed by atoms with Crippen molar-refractivity contribution in [3.05, 3.63) is 0 Å². The third kappa shape index (κ3) is 9.12. The molecular weight excluding hydrogens is 218 g/mol. The predicted molar refractivity (Wildman–Crippen MR) is 68.7 cm³/mol. The maximum Gasteiger partial charge on any atom is 0.307 e. The summed E-state index contributed by atoms with van der Waals surface area (Å²) in [5.41, 5.74) is 5.82. The highest BCUT2D eigenvalue weighted by atomic mass is 16.6. The zero-order valence-electron chi connectivity index (χ0n) is 11.6. The maximum atomic E-state index is 11.4. The van der Waals surface area contributed by atoms with Gasteiger partial charge in [-0.1, -0.05) is 34.1 Å². The lowest BCUT2D eigenvalue weighted by Crippen LogP contribution is -2.37. The second-order valence-corrected chi connectivity index (χ2v) is 5.36. The molecule has 4 heteroatoms. The van der Waals surface area contributed by atoms with Crippen LogP contribution in [0.1, 0.15) is 47.0 Å². The van der Waals surface area contributed by atoms with Gasteiger partial charge in [0, 0.05) is 12.6 Å². The smallest absolute Gasteiger partial charge is 0.307 e. The van der Waals surface area contributed by atoms with Gasteiger partial charge < -0.3 is 15.2 Å². The lowest BCUT2D eigenvalue weighted by Gasteiger charge is -2.26. The van der Waals surface area contributed by atoms with Crippen molar-refractivity contribution >= 4 is 5.97 Å². The van der Waals surface area contributed by atoms with Gasteiger partial charge in [-0.3, -0.25) is 4.79 Å². The molecule has 0 bridgehead atoms. The third-order valence-corrected chi connectivity index (χ3v) is 2.63. The summed E-state index contributed by atoms with van der Waals surface area (Å²) in [5, 5.41) is 0. The van der Waals surface area contributed by atoms with E-state index in [1.54, 1.807) is 0 Å². The van der Waals surface area contributed by atoms with E-state index in [1.165, 1.54) is 0 Å². The van der Waals surface area contributed by atoms with Crippen molar-refractivity contribution in [1.82, 2.24) is 0 Å². The van der Waals surface area contributed by atoms with Gasteiger partial charge in [0.15, 0.2) is 0 Å². The van der Waals surface area contributed by atoms with E-state index in [0.29, 0.717) is 13.2 Å². The van der Waals surface area contributed by atoms with E-state index < -0.39 is 0 Å². The van der Waals surface area contributed by atoms with E-state index in [-0.39, 0.29) is 23.8 Å². The van der Waals surface area contributed by atoms with Gasteiger partial charge in [0.2, 0.25) is 0 Å². The minimum Gasteiger partial charge on any atom is -0.463 e. The van der Waals surface area contributed by atoms with Crippen molar-refractivity contribution < 1.29 is 14.3 Å². The van der Waals surface area contributed by atoms with Gasteiger partial charge in [0.05, 0.1) is 13.0 Å². The van der Waals surface area contributed by atoms with Crippen molar-refractivity contribution in [3.8, 4) is 0 Å². The van der Waals surface area contributed by atoms with Crippen LogP contribution in [0.15, 0.2) is 0 Å². The first-order valence-electron chi connectivity index (χ1n) is 6.37. The molecule has 0 aliphatic rings. The summed E-state index contributed by atoms with van der Waals surface area (Å²) in [6, 6.07) is -0.170. The molecular formula is C13H27NO3. The Kier molecular flexibility index (Phi) is 8.17. The lowest BCUT2D eigenvalue weighted by atomic mass is 9.85. The minimum atomic E-state index is -0.244. The Balaban J connectivity index is 3.53. The summed E-state index contributed by atoms with van der Waals surface area (Å²) in [6.45, 7) is 9.67. The van der Waals surface area contributed by atoms with Crippen LogP contribution >= 0.6 is 0 Å². The molecule has 0 saturated carbocycles. The van der Waals surface area contributed by atoms with Gasteiger partial charge in [0.25, 0.3) is 0 Å². The Labute approximate surface area is 105 Å². The number of carbonyl (C=O) groups is 1. The van der Waals surface area contributed by atoms with Crippen LogP contribution in [0.4, 0.5) is 0 Å². The molecule has 4 nitrogen and oxygen atoms in total. The zero-order chi connectivity index (χ0) is 13.3. The van der Waals surface area contributed by atoms with Crippen LogP contribution < -0.4 is 5.73 Å². The summed E-state index contributed by atoms with van der Waals surface area (Å²) in [4.78, 5) is 11.4. The second kappa shape index (κ2) is 8.48. The Morgan fingerprint density at radius 3 is 2.41 bits per heavy atom. The molecule has 17 heavy (non-hydrogen) atoms. The quantitative estimate of drug-likeness (QED) is 0.525. The SMILES string of the molecule is CCCCOCCOC(=O)CC(N)C(C)(C)C. The summed E-state index contributed by atoms with van der Waals surface area (Å²) in [6.07, 6.45) is 2.42. The summed E-state index contributed by atoms with van der Waals surface area (Å²) < 4.78 is 10.3. The largest absolute Gasteiger partial charge is 0.463 e. The highest BCUT2D eigenvalue weighted by molar-refractivity contribution is 5.70. The molecule has 0 aromatic carbocycles. The van der Waals surface area contributed by atoms with Gasteiger partial charge in [-0.2, -0.15) is 0 Å². The Morgan fingerprint density at radius 1 is 1.24 bits per heavy atom. The molecule has 0 amide bonds. The minimum absolute atomic E-state index is 0.0728. The fourth-order valence-electron chi connectivity index (χ4n) is 1.11. The summed E-state index contributed by atoms with van der Waals surface area (Å²) in [5.74, 6) is -0.244. The van der Waals surface area contributed by atoms with E-state index in [9.17, 15) is 4.79 Å². The van der Waals surface area contributed by atoms with Crippen LogP contribution in [0.2, 0.25) is 0 Å². The molecule has 0 fully saturated rings. The molecule has 0 aliphatic heterocycles. The first kappa shape index (κ1) is 16.4. The van der Waals surface area contributed by atoms with Gasteiger partial charge in [-0.25, -0.2) is 0 Å². The molecule has 0 saturated heterocycles. The first-order valence-corrected chi connectivity index (χ1v) is 6.37. The molecule has 1 atom stereocenters. The fourth-order valence-corrected chi connectivity index (χ4v) is 1.11. The average molecular weight is 245 g/mol. The van der Waals surface area contributed by atoms with Crippen LogP contribution in [0.5, 0.6) is 0 Å². The van der Waals surface area contributed by atoms with Gasteiger partial charge in [-0.05, 0) is 11.8 Å². The molecule has 1 unspecified atom stereocenters. The molecule has 0 heterocycles. The number of unbranched alkanes of at least 4 members (excludes halogenated alkanes) is 1. The molecule has 0 aliphatic carbocycles. The molecule has 0 rings (SSSR count). The molecule has 0 radical (unpaired) electrons. The number of rotatable bonds is 8. The molecule has 0 aromatic rings. The number of hydrogen-bond acceptors (Lipinski definition) is 4. The Morgan fingerprint density at radius 2 is 1.88 bits per heavy atom. The van der Waals surface area contributed by atoms with Crippen LogP contribution in [-0.2, 0) is 14.3 Å². The van der Waals surface area contributed by atoms with E-state index >= 15 is 0 Å². The summed E-state index contributed by atoms with van der Waals surface area (Å²) in [7, 11) is 0. The van der Waals surface area contributed by atoms with E-state index in [0.717, 1.165) is 19.4 Å². The number of hydrogen-bond donors (Lipinski definition) is 1. The Hall–Kier alpha value is -0.610. The van der Waals surface area contributed by atoms with Gasteiger partial charge in [-0.15, -0.1) is 0 Å². The van der Waals surface area contributed by atoms with Gasteiger partial charge in [0.1, 0.15) is 6.61 Å². The van der Waals surface area contributed by atoms with Crippen LogP contribution in [0, 0.1) is 5.41 Å². The van der Waals surface area contributed by atoms with Crippen LogP contribution in [0.25, 0.3) is 0 Å². The predicted octanol–water partition coefficient (Wildman–Crippen LogP) is 2.11. The number of esters is 1. The highest BCUT2D eigenvalue weighted by Gasteiger charge is 2.23. The van der Waals surface area contributed by atoms with E-state index in [4.69, 9.17) is 15.2 Å². The van der Waals surface area contributed by atoms with Gasteiger partial charge >= 0.3 is 5.97 Å². The Bertz CT molecular complexity index is 211. The molecule has 0 aromatic heterocycles. The zero-order valence-corrected chi connectivity index (χ0v) is 11.6. The number of ether oxygens (including phenoxy) is 2. The monoisotopic (exact) mass is 245 g/mol. The van der Waals surface area contributed by atoms with E-state index in [2.05, 4.69) is 6.92 Å². The fraction of sp³-hybridized carbons (Fsp3) is 0.923. The maximum absolute atomic E-state index is 11.4. The standard InChI is InChI=1S/C13H27NO3/c1-5-6-7-16-8-9-17-12(15)10-11(14)13(2,3)4/h11H,5-10,14H2,1-4H3. The van der Waals surface area contributed by atoms with Crippen molar-refractivity contribution in [2.45, 2.75) is 53.0 Å². The lowest BCUT2D eigenvalue weighted by molar-refractivity contribution is -0.146. The molecule has 2 N–H and O–H groups in total. The van der Waals surface area contributed by atoms with Crippen molar-refractivity contribution in [3.63, 3.8) is 0 Å². The molecule has 0 spiro atoms. The topological polar surface area (TPSA) is 61.5 Å². The normalized spacial score (nSPS) is 13.5. The third-order valence-electron chi connectivity index (χ3n) is 2.63. The number of carbonyl (C=O) groups excluding carboxylic acids is 1. The van der Waals surface area contributed by atoms with Crippen molar-refractivity contribution in [1.29, 1.82) is 0 Å². The first-order chi connectivity index (χ1) is 7.88. The van der Waals surface area contributed by atoms with Crippen molar-refractivity contribution in [2.24, 2.45) is 11.1 Å². The van der Waals surface area contributed by atoms with Crippen LogP contribution in [-0.4, -0.2) is 31.8 Å². The highest BCUT2D eigenvalue weighted by Crippen LogP contribution is 2.19. The number of nitrogens with two attached hydrogens (primary N) is 1. The van der Waals surface area contributed by atoms with Crippen molar-refractivity contribution in [2.75, 3.05) is 19.8 Å².